The van der Waals surface area contributed by atoms with Crippen molar-refractivity contribution in [2.75, 3.05) is 26.7 Å². The molecule has 0 saturated carbocycles. The molecule has 1 amide bonds. The number of hydrogen-bond acceptors (Lipinski definition) is 4. The van der Waals surface area contributed by atoms with Gasteiger partial charge in [-0.05, 0) is 32.0 Å². The van der Waals surface area contributed by atoms with Gasteiger partial charge in [-0.1, -0.05) is 0 Å². The van der Waals surface area contributed by atoms with E-state index in [1.807, 2.05) is 0 Å². The standard InChI is InChI=1S/C15H19FN2O3/c1-15(2)14(20)17-6-7-18(15)9-12(19)10-4-5-13(21-3)11(16)8-10/h4-5,8H,6-7,9H2,1-3H3,(H,17,20). The Morgan fingerprint density at radius 2 is 2.19 bits per heavy atom. The smallest absolute Gasteiger partial charge is 0.240 e. The van der Waals surface area contributed by atoms with Crippen LogP contribution in [0.15, 0.2) is 18.2 Å². The second-order valence-electron chi connectivity index (χ2n) is 5.51. The maximum atomic E-state index is 13.6. The first-order chi connectivity index (χ1) is 9.86. The van der Waals surface area contributed by atoms with Crippen LogP contribution in [0.2, 0.25) is 0 Å². The number of benzene rings is 1. The fraction of sp³-hybridized carbons (Fsp3) is 0.467. The molecule has 1 saturated heterocycles. The molecule has 5 nitrogen and oxygen atoms in total. The molecule has 114 valence electrons. The number of ketones is 1. The molecule has 1 N–H and O–H groups in total. The third kappa shape index (κ3) is 3.05. The fourth-order valence-electron chi connectivity index (χ4n) is 2.32. The lowest BCUT2D eigenvalue weighted by atomic mass is 9.97. The number of methoxy groups -OCH3 is 1. The molecular formula is C15H19FN2O3. The van der Waals surface area contributed by atoms with E-state index in [1.165, 1.54) is 19.2 Å². The average Bonchev–Trinajstić information content (AvgIpc) is 2.44. The second-order valence-corrected chi connectivity index (χ2v) is 5.51. The largest absolute Gasteiger partial charge is 0.494 e. The molecule has 1 aromatic carbocycles. The zero-order chi connectivity index (χ0) is 15.6. The summed E-state index contributed by atoms with van der Waals surface area (Å²) in [7, 11) is 1.37. The summed E-state index contributed by atoms with van der Waals surface area (Å²) in [6.45, 7) is 4.70. The van der Waals surface area contributed by atoms with Crippen LogP contribution in [0.4, 0.5) is 4.39 Å². The minimum Gasteiger partial charge on any atom is -0.494 e. The third-order valence-corrected chi connectivity index (χ3v) is 3.82. The van der Waals surface area contributed by atoms with Gasteiger partial charge in [0.05, 0.1) is 19.2 Å². The maximum Gasteiger partial charge on any atom is 0.240 e. The van der Waals surface area contributed by atoms with E-state index in [2.05, 4.69) is 5.32 Å². The lowest BCUT2D eigenvalue weighted by Gasteiger charge is -2.40. The first-order valence-corrected chi connectivity index (χ1v) is 6.76. The molecule has 0 atom stereocenters. The Kier molecular flexibility index (Phi) is 4.27. The molecule has 1 aliphatic rings. The lowest BCUT2D eigenvalue weighted by Crippen LogP contribution is -2.62. The van der Waals surface area contributed by atoms with Crippen molar-refractivity contribution >= 4 is 11.7 Å². The van der Waals surface area contributed by atoms with Crippen molar-refractivity contribution in [3.05, 3.63) is 29.6 Å². The van der Waals surface area contributed by atoms with Crippen molar-refractivity contribution in [3.63, 3.8) is 0 Å². The van der Waals surface area contributed by atoms with Gasteiger partial charge in [0.25, 0.3) is 0 Å². The highest BCUT2D eigenvalue weighted by atomic mass is 19.1. The zero-order valence-corrected chi connectivity index (χ0v) is 12.4. The van der Waals surface area contributed by atoms with E-state index >= 15 is 0 Å². The van der Waals surface area contributed by atoms with Crippen LogP contribution < -0.4 is 10.1 Å². The molecule has 0 aliphatic carbocycles. The number of ether oxygens (including phenoxy) is 1. The first-order valence-electron chi connectivity index (χ1n) is 6.76. The second kappa shape index (κ2) is 5.81. The number of amides is 1. The summed E-state index contributed by atoms with van der Waals surface area (Å²) < 4.78 is 18.5. The van der Waals surface area contributed by atoms with Crippen molar-refractivity contribution < 1.29 is 18.7 Å². The highest BCUT2D eigenvalue weighted by Crippen LogP contribution is 2.21. The molecule has 1 aliphatic heterocycles. The summed E-state index contributed by atoms with van der Waals surface area (Å²) in [5.41, 5.74) is -0.478. The number of hydrogen-bond donors (Lipinski definition) is 1. The van der Waals surface area contributed by atoms with E-state index in [-0.39, 0.29) is 29.5 Å². The van der Waals surface area contributed by atoms with Gasteiger partial charge in [-0.15, -0.1) is 0 Å². The number of Topliss-reactive ketones (excluding diaryl/α,β-unsaturated/α-hetero) is 1. The topological polar surface area (TPSA) is 58.6 Å². The average molecular weight is 294 g/mol. The van der Waals surface area contributed by atoms with Crippen LogP contribution in [0.3, 0.4) is 0 Å². The summed E-state index contributed by atoms with van der Waals surface area (Å²) in [4.78, 5) is 25.9. The maximum absolute atomic E-state index is 13.6. The molecule has 0 aromatic heterocycles. The highest BCUT2D eigenvalue weighted by Gasteiger charge is 2.38. The van der Waals surface area contributed by atoms with Crippen molar-refractivity contribution in [2.24, 2.45) is 0 Å². The molecule has 2 rings (SSSR count). The van der Waals surface area contributed by atoms with Crippen LogP contribution in [0.1, 0.15) is 24.2 Å². The van der Waals surface area contributed by atoms with Gasteiger partial charge in [0.2, 0.25) is 5.91 Å². The Balaban J connectivity index is 2.14. The van der Waals surface area contributed by atoms with Gasteiger partial charge >= 0.3 is 0 Å². The number of rotatable bonds is 4. The Bertz CT molecular complexity index is 572. The molecule has 21 heavy (non-hydrogen) atoms. The molecule has 6 heteroatoms. The molecule has 1 aromatic rings. The van der Waals surface area contributed by atoms with Gasteiger partial charge in [-0.3, -0.25) is 14.5 Å². The van der Waals surface area contributed by atoms with Crippen LogP contribution in [-0.2, 0) is 4.79 Å². The molecule has 0 bridgehead atoms. The Hall–Kier alpha value is -1.95. The minimum absolute atomic E-state index is 0.0756. The van der Waals surface area contributed by atoms with Crippen molar-refractivity contribution in [3.8, 4) is 5.75 Å². The van der Waals surface area contributed by atoms with E-state index in [0.29, 0.717) is 13.1 Å². The molecule has 0 radical (unpaired) electrons. The molecule has 1 heterocycles. The lowest BCUT2D eigenvalue weighted by molar-refractivity contribution is -0.134. The van der Waals surface area contributed by atoms with Crippen LogP contribution in [0.5, 0.6) is 5.75 Å². The predicted molar refractivity (Wildman–Crippen MR) is 75.9 cm³/mol. The van der Waals surface area contributed by atoms with Gasteiger partial charge in [0, 0.05) is 18.7 Å². The van der Waals surface area contributed by atoms with Gasteiger partial charge < -0.3 is 10.1 Å². The van der Waals surface area contributed by atoms with Crippen molar-refractivity contribution in [2.45, 2.75) is 19.4 Å². The highest BCUT2D eigenvalue weighted by molar-refractivity contribution is 5.98. The van der Waals surface area contributed by atoms with Crippen LogP contribution in [0, 0.1) is 5.82 Å². The SMILES string of the molecule is COc1ccc(C(=O)CN2CCNC(=O)C2(C)C)cc1F. The molecule has 0 spiro atoms. The van der Waals surface area contributed by atoms with E-state index < -0.39 is 11.4 Å². The number of halogens is 1. The third-order valence-electron chi connectivity index (χ3n) is 3.82. The van der Waals surface area contributed by atoms with Crippen molar-refractivity contribution in [1.29, 1.82) is 0 Å². The monoisotopic (exact) mass is 294 g/mol. The molecule has 1 fully saturated rings. The summed E-state index contributed by atoms with van der Waals surface area (Å²) in [5, 5.41) is 2.77. The normalized spacial score (nSPS) is 18.2. The summed E-state index contributed by atoms with van der Waals surface area (Å²) >= 11 is 0. The van der Waals surface area contributed by atoms with Gasteiger partial charge in [-0.2, -0.15) is 0 Å². The number of nitrogens with one attached hydrogen (secondary N) is 1. The van der Waals surface area contributed by atoms with E-state index in [1.54, 1.807) is 18.7 Å². The number of carbonyl (C=O) groups excluding carboxylic acids is 2. The molecular weight excluding hydrogens is 275 g/mol. The predicted octanol–water partition coefficient (Wildman–Crippen LogP) is 1.23. The number of nitrogens with zero attached hydrogens (tertiary/aromatic N) is 1. The summed E-state index contributed by atoms with van der Waals surface area (Å²) in [5.74, 6) is -0.801. The quantitative estimate of drug-likeness (QED) is 0.849. The summed E-state index contributed by atoms with van der Waals surface area (Å²) in [6.07, 6.45) is 0. The first kappa shape index (κ1) is 15.4. The Morgan fingerprint density at radius 3 is 2.81 bits per heavy atom. The van der Waals surface area contributed by atoms with Crippen LogP contribution >= 0.6 is 0 Å². The van der Waals surface area contributed by atoms with Gasteiger partial charge in [-0.25, -0.2) is 4.39 Å². The van der Waals surface area contributed by atoms with Crippen LogP contribution in [0.25, 0.3) is 0 Å². The summed E-state index contributed by atoms with van der Waals surface area (Å²) in [6, 6.07) is 4.12. The van der Waals surface area contributed by atoms with Crippen molar-refractivity contribution in [1.82, 2.24) is 10.2 Å². The van der Waals surface area contributed by atoms with E-state index in [4.69, 9.17) is 4.74 Å². The van der Waals surface area contributed by atoms with Gasteiger partial charge in [0.1, 0.15) is 0 Å². The van der Waals surface area contributed by atoms with E-state index in [9.17, 15) is 14.0 Å². The molecule has 0 unspecified atom stereocenters. The zero-order valence-electron chi connectivity index (χ0n) is 12.4. The fourth-order valence-corrected chi connectivity index (χ4v) is 2.32. The van der Waals surface area contributed by atoms with Crippen LogP contribution in [-0.4, -0.2) is 48.9 Å². The van der Waals surface area contributed by atoms with E-state index in [0.717, 1.165) is 6.07 Å². The van der Waals surface area contributed by atoms with Gasteiger partial charge in [0.15, 0.2) is 17.3 Å². The number of carbonyl (C=O) groups is 2. The Labute approximate surface area is 123 Å². The Morgan fingerprint density at radius 1 is 1.48 bits per heavy atom. The minimum atomic E-state index is -0.751. The number of piperazine rings is 1.